The highest BCUT2D eigenvalue weighted by Crippen LogP contribution is 2.77. The number of halogens is 3. The predicted molar refractivity (Wildman–Crippen MR) is 57.3 cm³/mol. The predicted octanol–water partition coefficient (Wildman–Crippen LogP) is 2.91. The Hall–Kier alpha value is -1.11. The van der Waals surface area contributed by atoms with Crippen LogP contribution < -0.4 is 0 Å². The van der Waals surface area contributed by atoms with Gasteiger partial charge >= 0.3 is 12.1 Å². The lowest BCUT2D eigenvalue weighted by Crippen LogP contribution is -2.74. The van der Waals surface area contributed by atoms with Crippen LogP contribution in [0.15, 0.2) is 5.38 Å². The lowest BCUT2D eigenvalue weighted by molar-refractivity contribution is -0.228. The molecule has 0 saturated heterocycles. The van der Waals surface area contributed by atoms with E-state index in [0.29, 0.717) is 17.8 Å². The number of aromatic nitrogens is 1. The molecule has 1 atom stereocenters. The number of alkyl halides is 3. The van der Waals surface area contributed by atoms with Crippen LogP contribution in [0.1, 0.15) is 30.5 Å². The van der Waals surface area contributed by atoms with Crippen molar-refractivity contribution >= 4 is 17.3 Å². The quantitative estimate of drug-likeness (QED) is 0.904. The van der Waals surface area contributed by atoms with Crippen molar-refractivity contribution in [2.24, 2.45) is 11.3 Å². The highest BCUT2D eigenvalue weighted by molar-refractivity contribution is 7.09. The molecular weight excluding hydrogens is 267 g/mol. The van der Waals surface area contributed by atoms with Crippen LogP contribution in [0, 0.1) is 11.3 Å². The van der Waals surface area contributed by atoms with Crippen LogP contribution in [0.4, 0.5) is 13.2 Å². The van der Waals surface area contributed by atoms with Crippen molar-refractivity contribution in [3.63, 3.8) is 0 Å². The Morgan fingerprint density at radius 1 is 1.56 bits per heavy atom. The van der Waals surface area contributed by atoms with E-state index in [4.69, 9.17) is 5.11 Å². The molecule has 7 heteroatoms. The summed E-state index contributed by atoms with van der Waals surface area (Å²) in [5.41, 5.74) is -2.01. The van der Waals surface area contributed by atoms with Crippen molar-refractivity contribution < 1.29 is 23.1 Å². The maximum absolute atomic E-state index is 12.5. The normalized spacial score (nSPS) is 37.9. The smallest absolute Gasteiger partial charge is 0.434 e. The van der Waals surface area contributed by atoms with E-state index in [0.717, 1.165) is 16.7 Å². The summed E-state index contributed by atoms with van der Waals surface area (Å²) in [4.78, 5) is 14.7. The summed E-state index contributed by atoms with van der Waals surface area (Å²) in [5.74, 6) is -0.973. The van der Waals surface area contributed by atoms with Crippen LogP contribution in [-0.2, 0) is 16.4 Å². The van der Waals surface area contributed by atoms with Gasteiger partial charge in [0.15, 0.2) is 5.69 Å². The molecule has 0 aliphatic heterocycles. The number of nitrogens with zero attached hydrogens (tertiary/aromatic N) is 1. The highest BCUT2D eigenvalue weighted by atomic mass is 32.1. The fourth-order valence-electron chi connectivity index (χ4n) is 3.26. The SMILES string of the molecule is CC1C2(C(=O)O)CC1(c1nc(C(F)(F)F)cs1)C2. The zero-order valence-corrected chi connectivity index (χ0v) is 10.2. The Balaban J connectivity index is 1.88. The van der Waals surface area contributed by atoms with Crippen molar-refractivity contribution in [3.8, 4) is 0 Å². The van der Waals surface area contributed by atoms with E-state index in [2.05, 4.69) is 4.98 Å². The summed E-state index contributed by atoms with van der Waals surface area (Å²) in [6.45, 7) is 1.79. The number of hydrogen-bond acceptors (Lipinski definition) is 3. The molecule has 3 nitrogen and oxygen atoms in total. The highest BCUT2D eigenvalue weighted by Gasteiger charge is 2.79. The van der Waals surface area contributed by atoms with Gasteiger partial charge in [-0.3, -0.25) is 4.79 Å². The topological polar surface area (TPSA) is 50.2 Å². The monoisotopic (exact) mass is 277 g/mol. The molecule has 1 aromatic rings. The zero-order chi connectivity index (χ0) is 13.3. The second-order valence-electron chi connectivity index (χ2n) is 5.23. The average molecular weight is 277 g/mol. The Morgan fingerprint density at radius 3 is 2.56 bits per heavy atom. The molecule has 3 aliphatic carbocycles. The third kappa shape index (κ3) is 1.15. The number of carboxylic acids is 1. The van der Waals surface area contributed by atoms with E-state index in [9.17, 15) is 18.0 Å². The Morgan fingerprint density at radius 2 is 2.17 bits per heavy atom. The fourth-order valence-corrected chi connectivity index (χ4v) is 4.38. The second kappa shape index (κ2) is 3.07. The molecule has 0 aromatic carbocycles. The first-order valence-electron chi connectivity index (χ1n) is 5.49. The molecule has 3 saturated carbocycles. The van der Waals surface area contributed by atoms with Gasteiger partial charge < -0.3 is 5.11 Å². The largest absolute Gasteiger partial charge is 0.481 e. The minimum atomic E-state index is -4.42. The maximum Gasteiger partial charge on any atom is 0.434 e. The van der Waals surface area contributed by atoms with Gasteiger partial charge in [0.1, 0.15) is 0 Å². The number of rotatable bonds is 2. The number of thiazole rings is 1. The molecule has 1 aromatic heterocycles. The molecule has 2 bridgehead atoms. The van der Waals surface area contributed by atoms with Crippen LogP contribution in [0.2, 0.25) is 0 Å². The number of carboxylic acid groups (broad SMARTS) is 1. The molecule has 3 fully saturated rings. The van der Waals surface area contributed by atoms with Crippen LogP contribution >= 0.6 is 11.3 Å². The van der Waals surface area contributed by atoms with E-state index in [-0.39, 0.29) is 5.92 Å². The van der Waals surface area contributed by atoms with E-state index in [1.54, 1.807) is 6.92 Å². The van der Waals surface area contributed by atoms with Gasteiger partial charge in [-0.25, -0.2) is 4.98 Å². The number of carbonyl (C=O) groups is 1. The van der Waals surface area contributed by atoms with Crippen molar-refractivity contribution in [2.45, 2.75) is 31.4 Å². The lowest BCUT2D eigenvalue weighted by atomic mass is 9.29. The van der Waals surface area contributed by atoms with Gasteiger partial charge in [-0.2, -0.15) is 13.2 Å². The minimum absolute atomic E-state index is 0.130. The summed E-state index contributed by atoms with van der Waals surface area (Å²) in [6, 6.07) is 0. The van der Waals surface area contributed by atoms with Crippen LogP contribution in [0.25, 0.3) is 0 Å². The summed E-state index contributed by atoms with van der Waals surface area (Å²) in [7, 11) is 0. The molecule has 3 aliphatic rings. The number of hydrogen-bond donors (Lipinski definition) is 1. The summed E-state index contributed by atoms with van der Waals surface area (Å²) in [6.07, 6.45) is -3.59. The fraction of sp³-hybridized carbons (Fsp3) is 0.636. The van der Waals surface area contributed by atoms with Crippen LogP contribution in [0.3, 0.4) is 0 Å². The molecule has 98 valence electrons. The van der Waals surface area contributed by atoms with E-state index < -0.39 is 28.7 Å². The lowest BCUT2D eigenvalue weighted by Gasteiger charge is -2.72. The van der Waals surface area contributed by atoms with Gasteiger partial charge in [0.25, 0.3) is 0 Å². The van der Waals surface area contributed by atoms with Gasteiger partial charge in [-0.15, -0.1) is 11.3 Å². The first-order chi connectivity index (χ1) is 8.22. The van der Waals surface area contributed by atoms with E-state index >= 15 is 0 Å². The van der Waals surface area contributed by atoms with Crippen molar-refractivity contribution in [2.75, 3.05) is 0 Å². The second-order valence-corrected chi connectivity index (χ2v) is 6.09. The molecule has 18 heavy (non-hydrogen) atoms. The van der Waals surface area contributed by atoms with Crippen LogP contribution in [-0.4, -0.2) is 16.1 Å². The molecule has 0 amide bonds. The molecule has 0 spiro atoms. The first-order valence-corrected chi connectivity index (χ1v) is 6.37. The van der Waals surface area contributed by atoms with Crippen molar-refractivity contribution in [1.82, 2.24) is 4.98 Å². The van der Waals surface area contributed by atoms with Gasteiger partial charge in [-0.1, -0.05) is 6.92 Å². The standard InChI is InChI=1S/C11H10F3NO2S/c1-5-9(3-10(5,4-9)8(16)17)7-15-6(2-18-7)11(12,13)14/h2,5H,3-4H2,1H3,(H,16,17). The Kier molecular flexibility index (Phi) is 2.04. The van der Waals surface area contributed by atoms with Crippen molar-refractivity contribution in [1.29, 1.82) is 0 Å². The molecular formula is C11H10F3NO2S. The Bertz CT molecular complexity index is 531. The van der Waals surface area contributed by atoms with Gasteiger partial charge in [-0.05, 0) is 18.8 Å². The molecule has 1 heterocycles. The maximum atomic E-state index is 12.5. The van der Waals surface area contributed by atoms with Crippen molar-refractivity contribution in [3.05, 3.63) is 16.1 Å². The summed E-state index contributed by atoms with van der Waals surface area (Å²) < 4.78 is 37.4. The zero-order valence-electron chi connectivity index (χ0n) is 9.41. The van der Waals surface area contributed by atoms with Crippen LogP contribution in [0.5, 0.6) is 0 Å². The first kappa shape index (κ1) is 12.0. The van der Waals surface area contributed by atoms with Gasteiger partial charge in [0.05, 0.1) is 10.4 Å². The Labute approximate surface area is 105 Å². The molecule has 4 rings (SSSR count). The summed E-state index contributed by atoms with van der Waals surface area (Å²) in [5, 5.41) is 10.5. The average Bonchev–Trinajstić information content (AvgIpc) is 2.63. The van der Waals surface area contributed by atoms with Gasteiger partial charge in [0.2, 0.25) is 0 Å². The molecule has 1 unspecified atom stereocenters. The van der Waals surface area contributed by atoms with E-state index in [1.165, 1.54) is 0 Å². The molecule has 1 N–H and O–H groups in total. The number of aliphatic carboxylic acids is 1. The third-order valence-electron chi connectivity index (χ3n) is 4.57. The summed E-state index contributed by atoms with van der Waals surface area (Å²) >= 11 is 0.987. The third-order valence-corrected chi connectivity index (χ3v) is 5.63. The van der Waals surface area contributed by atoms with E-state index in [1.807, 2.05) is 0 Å². The molecule has 0 radical (unpaired) electrons. The van der Waals surface area contributed by atoms with Gasteiger partial charge in [0, 0.05) is 10.8 Å². The minimum Gasteiger partial charge on any atom is -0.481 e.